The highest BCUT2D eigenvalue weighted by Gasteiger charge is 2.23. The predicted molar refractivity (Wildman–Crippen MR) is 97.1 cm³/mol. The molecule has 25 heavy (non-hydrogen) atoms. The summed E-state index contributed by atoms with van der Waals surface area (Å²) in [6.07, 6.45) is 2.82. The fraction of sp³-hybridized carbons (Fsp3) is 0.611. The largest absolute Gasteiger partial charge is 0.376 e. The molecule has 0 aliphatic carbocycles. The van der Waals surface area contributed by atoms with E-state index >= 15 is 0 Å². The molecule has 1 saturated heterocycles. The van der Waals surface area contributed by atoms with Gasteiger partial charge in [0, 0.05) is 31.3 Å². The van der Waals surface area contributed by atoms with Gasteiger partial charge in [-0.3, -0.25) is 4.79 Å². The Labute approximate surface area is 150 Å². The van der Waals surface area contributed by atoms with Crippen LogP contribution in [0.5, 0.6) is 0 Å². The normalized spacial score (nSPS) is 18.9. The molecular formula is C18H28N2O4S. The molecule has 1 heterocycles. The second-order valence-corrected chi connectivity index (χ2v) is 8.15. The highest BCUT2D eigenvalue weighted by molar-refractivity contribution is 7.89. The highest BCUT2D eigenvalue weighted by Crippen LogP contribution is 2.17. The number of likely N-dealkylation sites (N-methyl/N-ethyl adjacent to an activating group) is 1. The van der Waals surface area contributed by atoms with Crippen LogP contribution in [-0.4, -0.2) is 51.1 Å². The molecule has 1 aliphatic rings. The number of hydrogen-bond donors (Lipinski definition) is 1. The zero-order chi connectivity index (χ0) is 18.4. The van der Waals surface area contributed by atoms with Crippen molar-refractivity contribution in [1.29, 1.82) is 0 Å². The number of nitrogens with zero attached hydrogens (tertiary/aromatic N) is 1. The van der Waals surface area contributed by atoms with Gasteiger partial charge in [0.2, 0.25) is 10.0 Å². The quantitative estimate of drug-likeness (QED) is 0.764. The molecule has 6 nitrogen and oxygen atoms in total. The number of benzene rings is 1. The number of rotatable bonds is 8. The summed E-state index contributed by atoms with van der Waals surface area (Å²) >= 11 is 0. The molecule has 1 fully saturated rings. The van der Waals surface area contributed by atoms with Crippen LogP contribution < -0.4 is 4.72 Å². The van der Waals surface area contributed by atoms with Crippen LogP contribution in [0.1, 0.15) is 50.4 Å². The number of hydrogen-bond acceptors (Lipinski definition) is 4. The summed E-state index contributed by atoms with van der Waals surface area (Å²) in [6.45, 7) is 7.59. The standard InChI is InChI=1S/C18H28N2O4S/c1-4-14(3)19-25(22,23)17-10-8-15(9-11-17)18(21)20(5-2)13-16-7-6-12-24-16/h8-11,14,16,19H,4-7,12-13H2,1-3H3/t14-,16+/m1/s1. The molecule has 0 bridgehead atoms. The van der Waals surface area contributed by atoms with E-state index in [0.717, 1.165) is 19.4 Å². The van der Waals surface area contributed by atoms with Gasteiger partial charge in [-0.15, -0.1) is 0 Å². The summed E-state index contributed by atoms with van der Waals surface area (Å²) in [6, 6.07) is 5.99. The maximum Gasteiger partial charge on any atom is 0.253 e. The number of nitrogens with one attached hydrogen (secondary N) is 1. The summed E-state index contributed by atoms with van der Waals surface area (Å²) in [5.41, 5.74) is 0.488. The Morgan fingerprint density at radius 1 is 1.32 bits per heavy atom. The van der Waals surface area contributed by atoms with Crippen LogP contribution in [0.2, 0.25) is 0 Å². The van der Waals surface area contributed by atoms with Gasteiger partial charge in [-0.2, -0.15) is 0 Å². The lowest BCUT2D eigenvalue weighted by atomic mass is 10.1. The zero-order valence-corrected chi connectivity index (χ0v) is 16.0. The molecule has 1 aliphatic heterocycles. The van der Waals surface area contributed by atoms with Gasteiger partial charge in [-0.25, -0.2) is 13.1 Å². The second kappa shape index (κ2) is 8.78. The molecule has 1 N–H and O–H groups in total. The van der Waals surface area contributed by atoms with Crippen LogP contribution in [0.4, 0.5) is 0 Å². The van der Waals surface area contributed by atoms with Gasteiger partial charge >= 0.3 is 0 Å². The number of amides is 1. The smallest absolute Gasteiger partial charge is 0.253 e. The minimum Gasteiger partial charge on any atom is -0.376 e. The van der Waals surface area contributed by atoms with Gasteiger partial charge in [0.05, 0.1) is 11.0 Å². The lowest BCUT2D eigenvalue weighted by Gasteiger charge is -2.24. The van der Waals surface area contributed by atoms with Gasteiger partial charge in [-0.1, -0.05) is 6.92 Å². The Hall–Kier alpha value is -1.44. The average Bonchev–Trinajstić information content (AvgIpc) is 3.12. The number of carbonyl (C=O) groups is 1. The molecule has 0 saturated carbocycles. The molecule has 140 valence electrons. The minimum atomic E-state index is -3.55. The molecule has 0 radical (unpaired) electrons. The topological polar surface area (TPSA) is 75.7 Å². The average molecular weight is 368 g/mol. The Morgan fingerprint density at radius 2 is 2.00 bits per heavy atom. The Bertz CT molecular complexity index is 667. The van der Waals surface area contributed by atoms with Crippen molar-refractivity contribution in [2.24, 2.45) is 0 Å². The van der Waals surface area contributed by atoms with E-state index in [1.54, 1.807) is 17.0 Å². The Morgan fingerprint density at radius 3 is 2.52 bits per heavy atom. The first-order valence-electron chi connectivity index (χ1n) is 8.90. The van der Waals surface area contributed by atoms with Crippen LogP contribution in [0.25, 0.3) is 0 Å². The molecule has 1 aromatic rings. The monoisotopic (exact) mass is 368 g/mol. The zero-order valence-electron chi connectivity index (χ0n) is 15.2. The van der Waals surface area contributed by atoms with E-state index in [2.05, 4.69) is 4.72 Å². The van der Waals surface area contributed by atoms with Crippen molar-refractivity contribution in [1.82, 2.24) is 9.62 Å². The van der Waals surface area contributed by atoms with Crippen molar-refractivity contribution >= 4 is 15.9 Å². The van der Waals surface area contributed by atoms with Gasteiger partial charge in [-0.05, 0) is 57.4 Å². The molecule has 0 spiro atoms. The van der Waals surface area contributed by atoms with Crippen LogP contribution >= 0.6 is 0 Å². The lowest BCUT2D eigenvalue weighted by molar-refractivity contribution is 0.0539. The molecule has 7 heteroatoms. The maximum absolute atomic E-state index is 12.7. The first-order valence-corrected chi connectivity index (χ1v) is 10.4. The Balaban J connectivity index is 2.08. The summed E-state index contributed by atoms with van der Waals surface area (Å²) in [4.78, 5) is 14.6. The van der Waals surface area contributed by atoms with E-state index in [1.165, 1.54) is 12.1 Å². The van der Waals surface area contributed by atoms with E-state index in [-0.39, 0.29) is 22.9 Å². The molecule has 1 amide bonds. The third-order valence-corrected chi connectivity index (χ3v) is 6.10. The Kier molecular flexibility index (Phi) is 6.98. The lowest BCUT2D eigenvalue weighted by Crippen LogP contribution is -2.37. The predicted octanol–water partition coefficient (Wildman–Crippen LogP) is 2.40. The summed E-state index contributed by atoms with van der Waals surface area (Å²) in [5.74, 6) is -0.100. The van der Waals surface area contributed by atoms with E-state index in [9.17, 15) is 13.2 Å². The fourth-order valence-electron chi connectivity index (χ4n) is 2.77. The first-order chi connectivity index (χ1) is 11.9. The van der Waals surface area contributed by atoms with Crippen molar-refractivity contribution in [3.63, 3.8) is 0 Å². The van der Waals surface area contributed by atoms with Crippen molar-refractivity contribution in [3.05, 3.63) is 29.8 Å². The summed E-state index contributed by atoms with van der Waals surface area (Å²) < 4.78 is 32.8. The van der Waals surface area contributed by atoms with Gasteiger partial charge in [0.1, 0.15) is 0 Å². The van der Waals surface area contributed by atoms with E-state index < -0.39 is 10.0 Å². The summed E-state index contributed by atoms with van der Waals surface area (Å²) in [5, 5.41) is 0. The second-order valence-electron chi connectivity index (χ2n) is 6.43. The fourth-order valence-corrected chi connectivity index (χ4v) is 4.09. The molecule has 1 aromatic carbocycles. The molecule has 0 unspecified atom stereocenters. The van der Waals surface area contributed by atoms with Crippen LogP contribution in [0.3, 0.4) is 0 Å². The first kappa shape index (κ1) is 19.9. The van der Waals surface area contributed by atoms with Crippen molar-refractivity contribution < 1.29 is 17.9 Å². The third kappa shape index (κ3) is 5.26. The van der Waals surface area contributed by atoms with E-state index in [0.29, 0.717) is 25.1 Å². The van der Waals surface area contributed by atoms with E-state index in [1.807, 2.05) is 20.8 Å². The number of ether oxygens (including phenoxy) is 1. The van der Waals surface area contributed by atoms with Gasteiger partial charge in [0.15, 0.2) is 0 Å². The molecular weight excluding hydrogens is 340 g/mol. The van der Waals surface area contributed by atoms with Crippen LogP contribution in [0.15, 0.2) is 29.2 Å². The number of sulfonamides is 1. The molecule has 2 rings (SSSR count). The molecule has 0 aromatic heterocycles. The van der Waals surface area contributed by atoms with Crippen molar-refractivity contribution in [2.75, 3.05) is 19.7 Å². The molecule has 2 atom stereocenters. The maximum atomic E-state index is 12.7. The van der Waals surface area contributed by atoms with Crippen LogP contribution in [-0.2, 0) is 14.8 Å². The number of carbonyl (C=O) groups excluding carboxylic acids is 1. The van der Waals surface area contributed by atoms with E-state index in [4.69, 9.17) is 4.74 Å². The summed E-state index contributed by atoms with van der Waals surface area (Å²) in [7, 11) is -3.55. The van der Waals surface area contributed by atoms with Crippen molar-refractivity contribution in [2.45, 2.75) is 57.1 Å². The van der Waals surface area contributed by atoms with Crippen LogP contribution in [0, 0.1) is 0 Å². The SMILES string of the molecule is CC[C@@H](C)NS(=O)(=O)c1ccc(C(=O)N(CC)C[C@@H]2CCCO2)cc1. The third-order valence-electron chi connectivity index (χ3n) is 4.50. The highest BCUT2D eigenvalue weighted by atomic mass is 32.2. The van der Waals surface area contributed by atoms with Gasteiger partial charge in [0.25, 0.3) is 5.91 Å². The minimum absolute atomic E-state index is 0.100. The van der Waals surface area contributed by atoms with Gasteiger partial charge < -0.3 is 9.64 Å². The van der Waals surface area contributed by atoms with Crippen molar-refractivity contribution in [3.8, 4) is 0 Å².